The summed E-state index contributed by atoms with van der Waals surface area (Å²) >= 11 is 0. The van der Waals surface area contributed by atoms with Crippen LogP contribution in [0.2, 0.25) is 0 Å². The van der Waals surface area contributed by atoms with Crippen LogP contribution in [0.15, 0.2) is 48.7 Å². The molecule has 20 heavy (non-hydrogen) atoms. The Morgan fingerprint density at radius 1 is 1.05 bits per heavy atom. The first-order valence-electron chi connectivity index (χ1n) is 7.26. The second-order valence-corrected chi connectivity index (χ2v) is 4.77. The molecular weight excluding hydrogens is 246 g/mol. The zero-order valence-electron chi connectivity index (χ0n) is 12.5. The fraction of sp³-hybridized carbons (Fsp3) is 0.353. The maximum Gasteiger partial charge on any atom is 0.0597 e. The Balaban J connectivity index is 2.24. The fourth-order valence-corrected chi connectivity index (χ4v) is 2.45. The molecule has 2 aromatic rings. The molecule has 106 valence electrons. The molecule has 1 aromatic carbocycles. The average molecular weight is 269 g/mol. The van der Waals surface area contributed by atoms with Crippen LogP contribution in [-0.2, 0) is 0 Å². The molecule has 0 radical (unpaired) electrons. The van der Waals surface area contributed by atoms with E-state index in [1.165, 1.54) is 5.69 Å². The van der Waals surface area contributed by atoms with Crippen LogP contribution in [0.3, 0.4) is 0 Å². The van der Waals surface area contributed by atoms with Gasteiger partial charge in [-0.3, -0.25) is 4.98 Å². The Morgan fingerprint density at radius 2 is 1.80 bits per heavy atom. The number of nitrogens with zero attached hydrogens (tertiary/aromatic N) is 2. The summed E-state index contributed by atoms with van der Waals surface area (Å²) in [5.41, 5.74) is 3.43. The van der Waals surface area contributed by atoms with Gasteiger partial charge in [0, 0.05) is 18.3 Å². The molecule has 2 rings (SSSR count). The number of pyridine rings is 1. The van der Waals surface area contributed by atoms with Crippen molar-refractivity contribution >= 4 is 11.4 Å². The second kappa shape index (κ2) is 7.06. The molecule has 1 unspecified atom stereocenters. The van der Waals surface area contributed by atoms with Crippen molar-refractivity contribution in [2.45, 2.75) is 26.3 Å². The molecule has 3 heteroatoms. The lowest BCUT2D eigenvalue weighted by atomic mass is 10.1. The summed E-state index contributed by atoms with van der Waals surface area (Å²) in [6.07, 6.45) is 3.00. The van der Waals surface area contributed by atoms with Gasteiger partial charge in [0.05, 0.1) is 17.6 Å². The molecule has 1 atom stereocenters. The summed E-state index contributed by atoms with van der Waals surface area (Å²) < 4.78 is 0. The van der Waals surface area contributed by atoms with Gasteiger partial charge in [-0.25, -0.2) is 0 Å². The molecule has 0 spiro atoms. The lowest BCUT2D eigenvalue weighted by Crippen LogP contribution is -2.18. The van der Waals surface area contributed by atoms with Crippen molar-refractivity contribution in [3.63, 3.8) is 0 Å². The number of hydrogen-bond donors (Lipinski definition) is 1. The van der Waals surface area contributed by atoms with Crippen molar-refractivity contribution in [1.29, 1.82) is 0 Å². The van der Waals surface area contributed by atoms with E-state index >= 15 is 0 Å². The highest BCUT2D eigenvalue weighted by atomic mass is 15.1. The van der Waals surface area contributed by atoms with Gasteiger partial charge in [-0.1, -0.05) is 25.1 Å². The maximum absolute atomic E-state index is 4.61. The molecular formula is C17H23N3. The third-order valence-corrected chi connectivity index (χ3v) is 3.58. The van der Waals surface area contributed by atoms with E-state index in [1.807, 2.05) is 19.3 Å². The number of nitrogens with one attached hydrogen (secondary N) is 1. The molecule has 0 fully saturated rings. The SMILES string of the molecule is CCC(NC)c1ccc(N(CC)c2ccccc2)cn1. The molecule has 0 amide bonds. The average Bonchev–Trinajstić information content (AvgIpc) is 2.52. The summed E-state index contributed by atoms with van der Waals surface area (Å²) in [5.74, 6) is 0. The number of benzene rings is 1. The van der Waals surface area contributed by atoms with Gasteiger partial charge < -0.3 is 10.2 Å². The topological polar surface area (TPSA) is 28.2 Å². The smallest absolute Gasteiger partial charge is 0.0597 e. The predicted molar refractivity (Wildman–Crippen MR) is 85.5 cm³/mol. The summed E-state index contributed by atoms with van der Waals surface area (Å²) in [6, 6.07) is 15.0. The van der Waals surface area contributed by atoms with Crippen LogP contribution in [0.25, 0.3) is 0 Å². The zero-order valence-corrected chi connectivity index (χ0v) is 12.5. The van der Waals surface area contributed by atoms with Crippen molar-refractivity contribution in [2.75, 3.05) is 18.5 Å². The summed E-state index contributed by atoms with van der Waals surface area (Å²) in [7, 11) is 1.98. The van der Waals surface area contributed by atoms with Crippen LogP contribution < -0.4 is 10.2 Å². The third kappa shape index (κ3) is 3.17. The van der Waals surface area contributed by atoms with Crippen molar-refractivity contribution in [2.24, 2.45) is 0 Å². The summed E-state index contributed by atoms with van der Waals surface area (Å²) in [6.45, 7) is 5.25. The van der Waals surface area contributed by atoms with E-state index in [2.05, 4.69) is 65.4 Å². The largest absolute Gasteiger partial charge is 0.341 e. The molecule has 1 heterocycles. The van der Waals surface area contributed by atoms with Crippen molar-refractivity contribution in [1.82, 2.24) is 10.3 Å². The van der Waals surface area contributed by atoms with E-state index in [9.17, 15) is 0 Å². The molecule has 1 N–H and O–H groups in total. The van der Waals surface area contributed by atoms with Gasteiger partial charge in [0.1, 0.15) is 0 Å². The minimum atomic E-state index is 0.329. The fourth-order valence-electron chi connectivity index (χ4n) is 2.45. The number of para-hydroxylation sites is 1. The number of rotatable bonds is 6. The van der Waals surface area contributed by atoms with E-state index in [1.54, 1.807) is 0 Å². The first kappa shape index (κ1) is 14.5. The van der Waals surface area contributed by atoms with E-state index in [0.29, 0.717) is 6.04 Å². The first-order valence-corrected chi connectivity index (χ1v) is 7.26. The Hall–Kier alpha value is -1.87. The molecule has 1 aromatic heterocycles. The van der Waals surface area contributed by atoms with Gasteiger partial charge >= 0.3 is 0 Å². The van der Waals surface area contributed by atoms with Gasteiger partial charge in [-0.2, -0.15) is 0 Å². The van der Waals surface area contributed by atoms with Gasteiger partial charge in [0.15, 0.2) is 0 Å². The monoisotopic (exact) mass is 269 g/mol. The van der Waals surface area contributed by atoms with Gasteiger partial charge in [0.2, 0.25) is 0 Å². The van der Waals surface area contributed by atoms with Crippen LogP contribution in [0.4, 0.5) is 11.4 Å². The predicted octanol–water partition coefficient (Wildman–Crippen LogP) is 3.91. The summed E-state index contributed by atoms with van der Waals surface area (Å²) in [5, 5.41) is 3.29. The normalized spacial score (nSPS) is 12.2. The second-order valence-electron chi connectivity index (χ2n) is 4.77. The van der Waals surface area contributed by atoms with Crippen molar-refractivity contribution in [3.05, 3.63) is 54.4 Å². The van der Waals surface area contributed by atoms with E-state index < -0.39 is 0 Å². The Morgan fingerprint density at radius 3 is 2.30 bits per heavy atom. The van der Waals surface area contributed by atoms with Crippen LogP contribution in [-0.4, -0.2) is 18.6 Å². The molecule has 0 aliphatic carbocycles. The molecule has 3 nitrogen and oxygen atoms in total. The van der Waals surface area contributed by atoms with Gasteiger partial charge in [-0.05, 0) is 44.7 Å². The Labute approximate surface area is 121 Å². The number of anilines is 2. The minimum absolute atomic E-state index is 0.329. The number of aromatic nitrogens is 1. The zero-order chi connectivity index (χ0) is 14.4. The van der Waals surface area contributed by atoms with Gasteiger partial charge in [-0.15, -0.1) is 0 Å². The standard InChI is InChI=1S/C17H23N3/c1-4-16(18-3)17-12-11-15(13-19-17)20(5-2)14-9-7-6-8-10-14/h6-13,16,18H,4-5H2,1-3H3. The highest BCUT2D eigenvalue weighted by Crippen LogP contribution is 2.25. The molecule has 0 bridgehead atoms. The molecule has 0 saturated heterocycles. The van der Waals surface area contributed by atoms with Crippen LogP contribution >= 0.6 is 0 Å². The van der Waals surface area contributed by atoms with E-state index in [0.717, 1.165) is 24.3 Å². The van der Waals surface area contributed by atoms with Crippen LogP contribution in [0.5, 0.6) is 0 Å². The quantitative estimate of drug-likeness (QED) is 0.861. The molecule has 0 aliphatic heterocycles. The highest BCUT2D eigenvalue weighted by molar-refractivity contribution is 5.62. The maximum atomic E-state index is 4.61. The van der Waals surface area contributed by atoms with Crippen LogP contribution in [0.1, 0.15) is 32.0 Å². The minimum Gasteiger partial charge on any atom is -0.341 e. The van der Waals surface area contributed by atoms with E-state index in [-0.39, 0.29) is 0 Å². The van der Waals surface area contributed by atoms with Gasteiger partial charge in [0.25, 0.3) is 0 Å². The molecule has 0 saturated carbocycles. The highest BCUT2D eigenvalue weighted by Gasteiger charge is 2.10. The lowest BCUT2D eigenvalue weighted by Gasteiger charge is -2.23. The van der Waals surface area contributed by atoms with Crippen molar-refractivity contribution in [3.8, 4) is 0 Å². The molecule has 0 aliphatic rings. The van der Waals surface area contributed by atoms with E-state index in [4.69, 9.17) is 0 Å². The Kier molecular flexibility index (Phi) is 5.13. The third-order valence-electron chi connectivity index (χ3n) is 3.58. The first-order chi connectivity index (χ1) is 9.80. The summed E-state index contributed by atoms with van der Waals surface area (Å²) in [4.78, 5) is 6.87. The van der Waals surface area contributed by atoms with Crippen LogP contribution in [0, 0.1) is 0 Å². The van der Waals surface area contributed by atoms with Crippen molar-refractivity contribution < 1.29 is 0 Å². The lowest BCUT2D eigenvalue weighted by molar-refractivity contribution is 0.561. The Bertz CT molecular complexity index is 504. The number of hydrogen-bond acceptors (Lipinski definition) is 3.